The third kappa shape index (κ3) is 3.62. The predicted molar refractivity (Wildman–Crippen MR) is 75.7 cm³/mol. The molecule has 0 bridgehead atoms. The molecule has 0 unspecified atom stereocenters. The van der Waals surface area contributed by atoms with Crippen LogP contribution in [0, 0.1) is 11.6 Å². The van der Waals surface area contributed by atoms with E-state index in [-0.39, 0.29) is 6.07 Å². The lowest BCUT2D eigenvalue weighted by Crippen LogP contribution is -2.39. The van der Waals surface area contributed by atoms with Crippen LogP contribution in [-0.2, 0) is 30.0 Å². The van der Waals surface area contributed by atoms with Gasteiger partial charge in [0.25, 0.3) is 0 Å². The monoisotopic (exact) mass is 381 g/mol. The first-order valence-electron chi connectivity index (χ1n) is 6.93. The lowest BCUT2D eigenvalue weighted by molar-refractivity contribution is -0.141. The largest absolute Gasteiger partial charge is 0.466 e. The van der Waals surface area contributed by atoms with Crippen molar-refractivity contribution in [3.63, 3.8) is 0 Å². The van der Waals surface area contributed by atoms with Gasteiger partial charge in [-0.25, -0.2) is 18.4 Å². The number of methoxy groups -OCH3 is 2. The molecule has 1 aliphatic heterocycles. The molecule has 1 aromatic rings. The molecule has 0 aliphatic carbocycles. The van der Waals surface area contributed by atoms with E-state index >= 15 is 0 Å². The number of esters is 2. The summed E-state index contributed by atoms with van der Waals surface area (Å²) >= 11 is 0. The molecule has 2 rings (SSSR count). The summed E-state index contributed by atoms with van der Waals surface area (Å²) < 4.78 is 80.8. The van der Waals surface area contributed by atoms with E-state index in [9.17, 15) is 31.5 Å². The van der Waals surface area contributed by atoms with Gasteiger partial charge in [-0.2, -0.15) is 13.2 Å². The third-order valence-corrected chi connectivity index (χ3v) is 3.45. The van der Waals surface area contributed by atoms with E-state index in [1.165, 1.54) is 0 Å². The first-order chi connectivity index (χ1) is 12.1. The minimum atomic E-state index is -5.18. The highest BCUT2D eigenvalue weighted by Crippen LogP contribution is 2.38. The van der Waals surface area contributed by atoms with Gasteiger partial charge in [0.1, 0.15) is 18.2 Å². The average Bonchev–Trinajstić information content (AvgIpc) is 2.60. The number of alkyl halides is 3. The van der Waals surface area contributed by atoms with E-state index in [1.54, 1.807) is 0 Å². The van der Waals surface area contributed by atoms with Gasteiger partial charge in [0, 0.05) is 6.07 Å². The van der Waals surface area contributed by atoms with Gasteiger partial charge < -0.3 is 19.1 Å². The maximum atomic E-state index is 14.4. The Hall–Kier alpha value is -2.69. The SMILES string of the molecule is COC(=O)C1=C(C(=O)OC)N(c2cc(F)cc(C(F)(F)F)c2F)COC1. The quantitative estimate of drug-likeness (QED) is 0.592. The molecule has 1 heterocycles. The van der Waals surface area contributed by atoms with E-state index < -0.39 is 65.6 Å². The molecule has 1 aliphatic rings. The topological polar surface area (TPSA) is 65.1 Å². The Labute approximate surface area is 143 Å². The van der Waals surface area contributed by atoms with E-state index in [4.69, 9.17) is 4.74 Å². The number of nitrogens with zero attached hydrogens (tertiary/aromatic N) is 1. The summed E-state index contributed by atoms with van der Waals surface area (Å²) in [6.07, 6.45) is -5.18. The minimum Gasteiger partial charge on any atom is -0.466 e. The molecule has 0 N–H and O–H groups in total. The first-order valence-corrected chi connectivity index (χ1v) is 6.93. The van der Waals surface area contributed by atoms with Gasteiger partial charge in [0.2, 0.25) is 0 Å². The molecule has 0 saturated heterocycles. The maximum Gasteiger partial charge on any atom is 0.419 e. The van der Waals surface area contributed by atoms with Crippen molar-refractivity contribution in [1.29, 1.82) is 0 Å². The fourth-order valence-electron chi connectivity index (χ4n) is 2.31. The molecule has 0 atom stereocenters. The molecule has 0 radical (unpaired) electrons. The van der Waals surface area contributed by atoms with Crippen molar-refractivity contribution < 1.29 is 45.8 Å². The molecule has 0 saturated carbocycles. The Morgan fingerprint density at radius 2 is 1.73 bits per heavy atom. The van der Waals surface area contributed by atoms with Gasteiger partial charge >= 0.3 is 18.1 Å². The van der Waals surface area contributed by atoms with Crippen LogP contribution in [0.25, 0.3) is 0 Å². The number of halogens is 5. The summed E-state index contributed by atoms with van der Waals surface area (Å²) in [4.78, 5) is 24.4. The summed E-state index contributed by atoms with van der Waals surface area (Å²) in [7, 11) is 1.94. The normalized spacial score (nSPS) is 15.1. The maximum absolute atomic E-state index is 14.4. The highest BCUT2D eigenvalue weighted by Gasteiger charge is 2.39. The molecule has 11 heteroatoms. The molecule has 142 valence electrons. The highest BCUT2D eigenvalue weighted by atomic mass is 19.4. The van der Waals surface area contributed by atoms with Gasteiger partial charge in [-0.05, 0) is 6.07 Å². The Balaban J connectivity index is 2.71. The smallest absolute Gasteiger partial charge is 0.419 e. The predicted octanol–water partition coefficient (Wildman–Crippen LogP) is 2.38. The van der Waals surface area contributed by atoms with Crippen molar-refractivity contribution >= 4 is 17.6 Å². The Morgan fingerprint density at radius 1 is 1.12 bits per heavy atom. The number of hydrogen-bond acceptors (Lipinski definition) is 6. The highest BCUT2D eigenvalue weighted by molar-refractivity contribution is 6.03. The second-order valence-corrected chi connectivity index (χ2v) is 5.00. The van der Waals surface area contributed by atoms with Gasteiger partial charge in [-0.1, -0.05) is 0 Å². The zero-order valence-corrected chi connectivity index (χ0v) is 13.4. The van der Waals surface area contributed by atoms with Crippen LogP contribution in [0.5, 0.6) is 0 Å². The van der Waals surface area contributed by atoms with E-state index in [2.05, 4.69) is 9.47 Å². The average molecular weight is 381 g/mol. The molecule has 6 nitrogen and oxygen atoms in total. The number of hydrogen-bond donors (Lipinski definition) is 0. The lowest BCUT2D eigenvalue weighted by Gasteiger charge is -2.32. The van der Waals surface area contributed by atoms with Crippen molar-refractivity contribution in [1.82, 2.24) is 0 Å². The van der Waals surface area contributed by atoms with Gasteiger partial charge in [-0.15, -0.1) is 0 Å². The first kappa shape index (κ1) is 19.6. The molecule has 0 fully saturated rings. The second kappa shape index (κ2) is 7.28. The molecule has 0 amide bonds. The number of ether oxygens (including phenoxy) is 3. The Bertz CT molecular complexity index is 774. The Kier molecular flexibility index (Phi) is 5.50. The van der Waals surface area contributed by atoms with Crippen LogP contribution in [0.3, 0.4) is 0 Å². The van der Waals surface area contributed by atoms with Crippen LogP contribution in [0.15, 0.2) is 23.4 Å². The standard InChI is InChI=1S/C15H12F5NO5/c1-24-13(22)8-5-26-6-21(12(8)14(23)25-2)10-4-7(16)3-9(11(10)17)15(18,19)20/h3-4H,5-6H2,1-2H3. The fourth-order valence-corrected chi connectivity index (χ4v) is 2.31. The minimum absolute atomic E-state index is 0.0214. The molecular weight excluding hydrogens is 369 g/mol. The van der Waals surface area contributed by atoms with Crippen LogP contribution in [0.4, 0.5) is 27.6 Å². The zero-order valence-electron chi connectivity index (χ0n) is 13.4. The van der Waals surface area contributed by atoms with Crippen molar-refractivity contribution in [2.45, 2.75) is 6.18 Å². The molecule has 1 aromatic carbocycles. The second-order valence-electron chi connectivity index (χ2n) is 5.00. The van der Waals surface area contributed by atoms with Crippen molar-refractivity contribution in [3.8, 4) is 0 Å². The van der Waals surface area contributed by atoms with Crippen LogP contribution >= 0.6 is 0 Å². The molecular formula is C15H12F5NO5. The number of anilines is 1. The van der Waals surface area contributed by atoms with Gasteiger partial charge in [0.15, 0.2) is 5.82 Å². The summed E-state index contributed by atoms with van der Waals surface area (Å²) in [6, 6.07) is 0.420. The zero-order chi connectivity index (χ0) is 19.6. The number of rotatable bonds is 3. The summed E-state index contributed by atoms with van der Waals surface area (Å²) in [5.41, 5.74) is -3.84. The number of carbonyl (C=O) groups is 2. The lowest BCUT2D eigenvalue weighted by atomic mass is 10.1. The summed E-state index contributed by atoms with van der Waals surface area (Å²) in [5, 5.41) is 0. The van der Waals surface area contributed by atoms with Crippen LogP contribution in [0.2, 0.25) is 0 Å². The number of benzene rings is 1. The van der Waals surface area contributed by atoms with Crippen molar-refractivity contribution in [2.75, 3.05) is 32.5 Å². The molecule has 26 heavy (non-hydrogen) atoms. The number of carbonyl (C=O) groups excluding carboxylic acids is 2. The third-order valence-electron chi connectivity index (χ3n) is 3.45. The van der Waals surface area contributed by atoms with Crippen LogP contribution < -0.4 is 4.90 Å². The van der Waals surface area contributed by atoms with Crippen molar-refractivity contribution in [2.24, 2.45) is 0 Å². The van der Waals surface area contributed by atoms with Gasteiger partial charge in [-0.3, -0.25) is 0 Å². The Morgan fingerprint density at radius 3 is 2.27 bits per heavy atom. The summed E-state index contributed by atoms with van der Waals surface area (Å²) in [5.74, 6) is -5.44. The van der Waals surface area contributed by atoms with E-state index in [1.807, 2.05) is 0 Å². The van der Waals surface area contributed by atoms with Gasteiger partial charge in [0.05, 0.1) is 37.7 Å². The van der Waals surface area contributed by atoms with Crippen LogP contribution in [0.1, 0.15) is 5.56 Å². The van der Waals surface area contributed by atoms with E-state index in [0.29, 0.717) is 11.0 Å². The van der Waals surface area contributed by atoms with Crippen molar-refractivity contribution in [3.05, 3.63) is 40.6 Å². The molecule has 0 spiro atoms. The van der Waals surface area contributed by atoms with E-state index in [0.717, 1.165) is 14.2 Å². The van der Waals surface area contributed by atoms with Crippen LogP contribution in [-0.4, -0.2) is 39.5 Å². The fraction of sp³-hybridized carbons (Fsp3) is 0.333. The molecule has 0 aromatic heterocycles. The summed E-state index contributed by atoms with van der Waals surface area (Å²) in [6.45, 7) is -1.06.